The van der Waals surface area contributed by atoms with Crippen LogP contribution >= 0.6 is 0 Å². The molecule has 0 radical (unpaired) electrons. The fraction of sp³-hybridized carbons (Fsp3) is 0.529. The topological polar surface area (TPSA) is 102 Å². The van der Waals surface area contributed by atoms with E-state index in [0.717, 1.165) is 6.42 Å². The molecule has 0 fully saturated rings. The molecule has 0 spiro atoms. The lowest BCUT2D eigenvalue weighted by atomic mass is 10.2. The van der Waals surface area contributed by atoms with Gasteiger partial charge in [0.25, 0.3) is 5.91 Å². The van der Waals surface area contributed by atoms with Crippen LogP contribution in [-0.4, -0.2) is 39.0 Å². The number of amides is 1. The lowest BCUT2D eigenvalue weighted by molar-refractivity contribution is -0.129. The Balaban J connectivity index is 2.75. The molecule has 0 bridgehead atoms. The van der Waals surface area contributed by atoms with Gasteiger partial charge in [0.1, 0.15) is 0 Å². The molecule has 0 unspecified atom stereocenters. The van der Waals surface area contributed by atoms with E-state index in [2.05, 4.69) is 10.0 Å². The molecule has 1 aromatic rings. The monoisotopic (exact) mass is 370 g/mol. The average molecular weight is 370 g/mol. The normalized spacial score (nSPS) is 13.8. The molecule has 0 aliphatic rings. The van der Waals surface area contributed by atoms with Crippen molar-refractivity contribution in [1.29, 1.82) is 0 Å². The first-order valence-electron chi connectivity index (χ1n) is 8.32. The van der Waals surface area contributed by atoms with Crippen molar-refractivity contribution in [3.63, 3.8) is 0 Å². The van der Waals surface area contributed by atoms with Gasteiger partial charge in [0.15, 0.2) is 6.10 Å². The highest BCUT2D eigenvalue weighted by Gasteiger charge is 2.20. The van der Waals surface area contributed by atoms with Gasteiger partial charge in [-0.2, -0.15) is 0 Å². The van der Waals surface area contributed by atoms with Crippen molar-refractivity contribution in [3.8, 4) is 0 Å². The number of sulfonamides is 1. The maximum Gasteiger partial charge on any atom is 0.338 e. The second kappa shape index (κ2) is 9.53. The molecule has 0 aliphatic heterocycles. The molecule has 2 N–H and O–H groups in total. The largest absolute Gasteiger partial charge is 0.449 e. The number of carbonyl (C=O) groups is 2. The number of carbonyl (C=O) groups excluding carboxylic acids is 2. The lowest BCUT2D eigenvalue weighted by Crippen LogP contribution is -2.36. The van der Waals surface area contributed by atoms with E-state index in [4.69, 9.17) is 4.74 Å². The summed E-state index contributed by atoms with van der Waals surface area (Å²) in [5.41, 5.74) is 0.178. The van der Waals surface area contributed by atoms with E-state index in [9.17, 15) is 18.0 Å². The second-order valence-electron chi connectivity index (χ2n) is 5.79. The van der Waals surface area contributed by atoms with Gasteiger partial charge in [-0.15, -0.1) is 0 Å². The van der Waals surface area contributed by atoms with E-state index in [1.165, 1.54) is 31.2 Å². The summed E-state index contributed by atoms with van der Waals surface area (Å²) in [5.74, 6) is -1.05. The molecular weight excluding hydrogens is 344 g/mol. The zero-order valence-electron chi connectivity index (χ0n) is 15.0. The maximum atomic E-state index is 12.2. The molecule has 7 nitrogen and oxygen atoms in total. The van der Waals surface area contributed by atoms with Crippen molar-refractivity contribution in [1.82, 2.24) is 10.0 Å². The zero-order chi connectivity index (χ0) is 19.0. The van der Waals surface area contributed by atoms with Crippen LogP contribution in [0.1, 0.15) is 50.9 Å². The van der Waals surface area contributed by atoms with Gasteiger partial charge in [-0.1, -0.05) is 13.8 Å². The van der Waals surface area contributed by atoms with Gasteiger partial charge in [-0.25, -0.2) is 17.9 Å². The summed E-state index contributed by atoms with van der Waals surface area (Å²) in [7, 11) is -3.63. The van der Waals surface area contributed by atoms with Crippen molar-refractivity contribution >= 4 is 21.9 Å². The first-order chi connectivity index (χ1) is 11.7. The van der Waals surface area contributed by atoms with Crippen LogP contribution in [-0.2, 0) is 19.6 Å². The van der Waals surface area contributed by atoms with Crippen molar-refractivity contribution in [3.05, 3.63) is 29.8 Å². The fourth-order valence-electron chi connectivity index (χ4n) is 1.86. The minimum Gasteiger partial charge on any atom is -0.449 e. The maximum absolute atomic E-state index is 12.2. The summed E-state index contributed by atoms with van der Waals surface area (Å²) < 4.78 is 32.0. The van der Waals surface area contributed by atoms with Gasteiger partial charge in [0.05, 0.1) is 10.5 Å². The summed E-state index contributed by atoms with van der Waals surface area (Å²) in [6.45, 7) is 7.56. The molecule has 0 aromatic heterocycles. The van der Waals surface area contributed by atoms with E-state index in [0.29, 0.717) is 13.0 Å². The Morgan fingerprint density at radius 1 is 1.12 bits per heavy atom. The predicted molar refractivity (Wildman–Crippen MR) is 94.7 cm³/mol. The average Bonchev–Trinajstić information content (AvgIpc) is 2.59. The third-order valence-electron chi connectivity index (χ3n) is 3.57. The Kier molecular flexibility index (Phi) is 8.05. The molecule has 140 valence electrons. The van der Waals surface area contributed by atoms with E-state index in [1.807, 2.05) is 13.8 Å². The molecular formula is C17H26N2O5S. The highest BCUT2D eigenvalue weighted by molar-refractivity contribution is 7.89. The number of benzene rings is 1. The van der Waals surface area contributed by atoms with Crippen molar-refractivity contribution in [2.24, 2.45) is 0 Å². The fourth-order valence-corrected chi connectivity index (χ4v) is 3.19. The van der Waals surface area contributed by atoms with Crippen molar-refractivity contribution in [2.45, 2.75) is 57.6 Å². The van der Waals surface area contributed by atoms with Crippen LogP contribution < -0.4 is 10.0 Å². The highest BCUT2D eigenvalue weighted by Crippen LogP contribution is 2.13. The summed E-state index contributed by atoms with van der Waals surface area (Å²) in [5, 5.41) is 2.64. The number of ether oxygens (including phenoxy) is 1. The molecule has 1 aromatic carbocycles. The van der Waals surface area contributed by atoms with Gasteiger partial charge in [-0.3, -0.25) is 4.79 Å². The molecule has 1 rings (SSSR count). The van der Waals surface area contributed by atoms with Crippen molar-refractivity contribution < 1.29 is 22.7 Å². The SMILES string of the molecule is CCCNC(=O)[C@H](C)OC(=O)c1ccc(S(=O)(=O)N[C@H](C)CC)cc1. The van der Waals surface area contributed by atoms with E-state index >= 15 is 0 Å². The van der Waals surface area contributed by atoms with Crippen LogP contribution in [0, 0.1) is 0 Å². The summed E-state index contributed by atoms with van der Waals surface area (Å²) in [6.07, 6.45) is 0.531. The minimum atomic E-state index is -3.63. The van der Waals surface area contributed by atoms with Gasteiger partial charge >= 0.3 is 5.97 Å². The smallest absolute Gasteiger partial charge is 0.338 e. The molecule has 0 heterocycles. The Labute approximate surface area is 149 Å². The molecule has 1 amide bonds. The molecule has 8 heteroatoms. The Morgan fingerprint density at radius 3 is 2.24 bits per heavy atom. The third kappa shape index (κ3) is 6.47. The van der Waals surface area contributed by atoms with E-state index in [1.54, 1.807) is 6.92 Å². The van der Waals surface area contributed by atoms with Crippen LogP contribution in [0.3, 0.4) is 0 Å². The van der Waals surface area contributed by atoms with Gasteiger partial charge in [0.2, 0.25) is 10.0 Å². The van der Waals surface area contributed by atoms with Crippen LogP contribution in [0.5, 0.6) is 0 Å². The molecule has 25 heavy (non-hydrogen) atoms. The van der Waals surface area contributed by atoms with Crippen molar-refractivity contribution in [2.75, 3.05) is 6.54 Å². The molecule has 0 saturated heterocycles. The summed E-state index contributed by atoms with van der Waals surface area (Å²) in [4.78, 5) is 23.8. The predicted octanol–water partition coefficient (Wildman–Crippen LogP) is 1.83. The first-order valence-corrected chi connectivity index (χ1v) is 9.80. The van der Waals surface area contributed by atoms with Gasteiger partial charge in [0, 0.05) is 12.6 Å². The minimum absolute atomic E-state index is 0.0677. The van der Waals surface area contributed by atoms with Crippen LogP contribution in [0.4, 0.5) is 0 Å². The Morgan fingerprint density at radius 2 is 1.72 bits per heavy atom. The zero-order valence-corrected chi connectivity index (χ0v) is 15.9. The molecule has 2 atom stereocenters. The number of nitrogens with one attached hydrogen (secondary N) is 2. The number of hydrogen-bond donors (Lipinski definition) is 2. The van der Waals surface area contributed by atoms with E-state index < -0.39 is 22.1 Å². The number of rotatable bonds is 9. The highest BCUT2D eigenvalue weighted by atomic mass is 32.2. The van der Waals surface area contributed by atoms with E-state index in [-0.39, 0.29) is 22.4 Å². The standard InChI is InChI=1S/C17H26N2O5S/c1-5-11-18-16(20)13(4)24-17(21)14-7-9-15(10-8-14)25(22,23)19-12(3)6-2/h7-10,12-13,19H,5-6,11H2,1-4H3,(H,18,20)/t12-,13+/m1/s1. The van der Waals surface area contributed by atoms with Gasteiger partial charge < -0.3 is 10.1 Å². The lowest BCUT2D eigenvalue weighted by Gasteiger charge is -2.14. The number of hydrogen-bond acceptors (Lipinski definition) is 5. The summed E-state index contributed by atoms with van der Waals surface area (Å²) >= 11 is 0. The quantitative estimate of drug-likeness (QED) is 0.646. The number of esters is 1. The Bertz CT molecular complexity index is 685. The summed E-state index contributed by atoms with van der Waals surface area (Å²) in [6, 6.07) is 5.22. The van der Waals surface area contributed by atoms with Crippen LogP contribution in [0.2, 0.25) is 0 Å². The molecule has 0 aliphatic carbocycles. The van der Waals surface area contributed by atoms with Crippen LogP contribution in [0.25, 0.3) is 0 Å². The van der Waals surface area contributed by atoms with Crippen LogP contribution in [0.15, 0.2) is 29.2 Å². The second-order valence-corrected chi connectivity index (χ2v) is 7.51. The Hall–Kier alpha value is -1.93. The first kappa shape index (κ1) is 21.1. The third-order valence-corrected chi connectivity index (χ3v) is 5.18. The van der Waals surface area contributed by atoms with Gasteiger partial charge in [-0.05, 0) is 51.0 Å². The molecule has 0 saturated carbocycles.